The van der Waals surface area contributed by atoms with Crippen LogP contribution in [-0.4, -0.2) is 19.6 Å². The number of fused-ring (bicyclic) bond motifs is 4. The number of rotatable bonds is 7. The fraction of sp³-hybridized carbons (Fsp3) is 0.0588. The summed E-state index contributed by atoms with van der Waals surface area (Å²) in [6.45, 7) is 4.52. The van der Waals surface area contributed by atoms with E-state index in [1.807, 2.05) is 54.7 Å². The third-order valence-electron chi connectivity index (χ3n) is 11.0. The first-order valence-corrected chi connectivity index (χ1v) is 18.8. The van der Waals surface area contributed by atoms with Crippen molar-refractivity contribution < 1.29 is 30.6 Å². The van der Waals surface area contributed by atoms with Gasteiger partial charge in [-0.15, -0.1) is 29.3 Å². The van der Waals surface area contributed by atoms with Gasteiger partial charge < -0.3 is 9.52 Å². The maximum absolute atomic E-state index is 11.3. The van der Waals surface area contributed by atoms with Gasteiger partial charge in [-0.05, 0) is 41.5 Å². The Hall–Kier alpha value is -6.55. The zero-order valence-electron chi connectivity index (χ0n) is 31.3. The van der Waals surface area contributed by atoms with Gasteiger partial charge in [0, 0.05) is 48.5 Å². The van der Waals surface area contributed by atoms with E-state index in [-0.39, 0.29) is 32.2 Å². The molecule has 0 aliphatic heterocycles. The number of aromatic hydroxyl groups is 1. The maximum atomic E-state index is 11.3. The van der Waals surface area contributed by atoms with Gasteiger partial charge in [-0.3, -0.25) is 9.55 Å². The molecule has 0 aliphatic rings. The maximum Gasteiger partial charge on any atom is 0.152 e. The van der Waals surface area contributed by atoms with Gasteiger partial charge in [-0.25, -0.2) is 4.98 Å². The molecule has 57 heavy (non-hydrogen) atoms. The molecular formula is C51H36N3O2Pt-. The molecule has 3 aromatic heterocycles. The fourth-order valence-corrected chi connectivity index (χ4v) is 7.95. The average Bonchev–Trinajstić information content (AvgIpc) is 3.83. The number of hydrogen-bond donors (Lipinski definition) is 1. The van der Waals surface area contributed by atoms with E-state index < -0.39 is 0 Å². The van der Waals surface area contributed by atoms with Crippen LogP contribution in [0.25, 0.3) is 83.6 Å². The molecule has 0 amide bonds. The van der Waals surface area contributed by atoms with Crippen LogP contribution in [0.5, 0.6) is 5.75 Å². The number of pyridine rings is 1. The molecule has 0 unspecified atom stereocenters. The summed E-state index contributed by atoms with van der Waals surface area (Å²) in [4.78, 5) is 10.3. The second-order valence-electron chi connectivity index (χ2n) is 14.7. The Morgan fingerprint density at radius 2 is 1.26 bits per heavy atom. The summed E-state index contributed by atoms with van der Waals surface area (Å²) in [6, 6.07) is 61.5. The van der Waals surface area contributed by atoms with Crippen LogP contribution in [0.15, 0.2) is 180 Å². The second kappa shape index (κ2) is 14.5. The van der Waals surface area contributed by atoms with Crippen LogP contribution in [0.4, 0.5) is 0 Å². The molecule has 0 spiro atoms. The summed E-state index contributed by atoms with van der Waals surface area (Å²) in [5.41, 5.74) is 12.5. The van der Waals surface area contributed by atoms with E-state index in [1.165, 1.54) is 5.56 Å². The molecule has 0 radical (unpaired) electrons. The standard InChI is InChI=1S/C51H36N3O2.Pt/c1-51(2,36-18-7-4-8-19-36)37-29-34(28-35(30-37)43-31-42-40-21-11-14-27-47(40)56-48(42)32-52-43)39-23-15-25-45-49(39)53-50(41-22-10-13-26-46(41)55)54(45)44-24-12-9-20-38(44)33-16-5-3-6-17-33;/h3-27,29-32,55H,1-2H3;/q-1;. The van der Waals surface area contributed by atoms with Crippen LogP contribution < -0.4 is 0 Å². The largest absolute Gasteiger partial charge is 0.507 e. The van der Waals surface area contributed by atoms with Crippen molar-refractivity contribution in [2.45, 2.75) is 19.3 Å². The first-order chi connectivity index (χ1) is 27.4. The molecule has 0 saturated heterocycles. The Bertz CT molecular complexity index is 3070. The summed E-state index contributed by atoms with van der Waals surface area (Å²) in [7, 11) is 0. The number of para-hydroxylation sites is 4. The minimum Gasteiger partial charge on any atom is -0.507 e. The molecule has 0 saturated carbocycles. The van der Waals surface area contributed by atoms with E-state index >= 15 is 0 Å². The van der Waals surface area contributed by atoms with Gasteiger partial charge in [-0.1, -0.05) is 152 Å². The monoisotopic (exact) mass is 917 g/mol. The number of nitrogens with zero attached hydrogens (tertiary/aromatic N) is 3. The van der Waals surface area contributed by atoms with Gasteiger partial charge in [0.25, 0.3) is 0 Å². The number of imidazole rings is 1. The van der Waals surface area contributed by atoms with Crippen LogP contribution in [-0.2, 0) is 26.5 Å². The van der Waals surface area contributed by atoms with Crippen molar-refractivity contribution in [3.63, 3.8) is 0 Å². The quantitative estimate of drug-likeness (QED) is 0.162. The van der Waals surface area contributed by atoms with Crippen molar-refractivity contribution in [1.82, 2.24) is 14.5 Å². The molecule has 0 bridgehead atoms. The molecule has 5 nitrogen and oxygen atoms in total. The second-order valence-corrected chi connectivity index (χ2v) is 14.7. The van der Waals surface area contributed by atoms with Gasteiger partial charge in [0.05, 0.1) is 28.5 Å². The molecule has 3 heterocycles. The summed E-state index contributed by atoms with van der Waals surface area (Å²) >= 11 is 0. The SMILES string of the molecule is CC(C)(c1ccccc1)c1cc(-c2cc3c(cn2)oc2ccccc23)[c-]c(-c2cccc3c2nc(-c2ccccc2O)n3-c2ccccc2-c2ccccc2)c1.[Pt]. The minimum absolute atomic E-state index is 0. The number of aromatic nitrogens is 3. The number of phenols is 1. The summed E-state index contributed by atoms with van der Waals surface area (Å²) in [5, 5.41) is 13.3. The van der Waals surface area contributed by atoms with E-state index in [4.69, 9.17) is 14.4 Å². The first kappa shape index (κ1) is 36.1. The van der Waals surface area contributed by atoms with Crippen molar-refractivity contribution >= 4 is 33.0 Å². The average molecular weight is 918 g/mol. The van der Waals surface area contributed by atoms with E-state index in [1.54, 1.807) is 6.07 Å². The smallest absolute Gasteiger partial charge is 0.152 e. The number of hydrogen-bond acceptors (Lipinski definition) is 4. The van der Waals surface area contributed by atoms with Gasteiger partial charge in [0.1, 0.15) is 17.2 Å². The molecule has 278 valence electrons. The van der Waals surface area contributed by atoms with Crippen molar-refractivity contribution in [3.8, 4) is 56.3 Å². The molecular weight excluding hydrogens is 882 g/mol. The Kier molecular flexibility index (Phi) is 9.19. The Balaban J connectivity index is 0.00000422. The summed E-state index contributed by atoms with van der Waals surface area (Å²) < 4.78 is 8.33. The van der Waals surface area contributed by atoms with Crippen LogP contribution in [0.1, 0.15) is 25.0 Å². The summed E-state index contributed by atoms with van der Waals surface area (Å²) in [5.74, 6) is 0.811. The number of furan rings is 1. The zero-order valence-corrected chi connectivity index (χ0v) is 33.5. The van der Waals surface area contributed by atoms with Crippen LogP contribution in [0.2, 0.25) is 0 Å². The molecule has 0 fully saturated rings. The molecule has 6 heteroatoms. The number of phenolic OH excluding ortho intramolecular Hbond substituents is 1. The van der Waals surface area contributed by atoms with Crippen molar-refractivity contribution in [3.05, 3.63) is 193 Å². The third-order valence-corrected chi connectivity index (χ3v) is 11.0. The minimum atomic E-state index is -0.352. The van der Waals surface area contributed by atoms with E-state index in [0.29, 0.717) is 11.4 Å². The van der Waals surface area contributed by atoms with Crippen LogP contribution >= 0.6 is 0 Å². The Morgan fingerprint density at radius 3 is 2.07 bits per heavy atom. The third kappa shape index (κ3) is 6.25. The van der Waals surface area contributed by atoms with Gasteiger partial charge in [0.2, 0.25) is 0 Å². The van der Waals surface area contributed by atoms with Gasteiger partial charge in [-0.2, -0.15) is 0 Å². The zero-order chi connectivity index (χ0) is 37.8. The van der Waals surface area contributed by atoms with Crippen molar-refractivity contribution in [1.29, 1.82) is 0 Å². The van der Waals surface area contributed by atoms with Gasteiger partial charge in [0.15, 0.2) is 5.58 Å². The summed E-state index contributed by atoms with van der Waals surface area (Å²) in [6.07, 6.45) is 1.82. The molecule has 10 rings (SSSR count). The van der Waals surface area contributed by atoms with E-state index in [2.05, 4.69) is 140 Å². The molecule has 10 aromatic rings. The predicted molar refractivity (Wildman–Crippen MR) is 227 cm³/mol. The Morgan fingerprint density at radius 1 is 0.596 bits per heavy atom. The number of benzene rings is 7. The van der Waals surface area contributed by atoms with E-state index in [9.17, 15) is 5.11 Å². The molecule has 0 aliphatic carbocycles. The van der Waals surface area contributed by atoms with Crippen LogP contribution in [0, 0.1) is 6.07 Å². The van der Waals surface area contributed by atoms with Gasteiger partial charge >= 0.3 is 0 Å². The molecule has 0 atom stereocenters. The van der Waals surface area contributed by atoms with E-state index in [0.717, 1.165) is 77.7 Å². The fourth-order valence-electron chi connectivity index (χ4n) is 7.95. The normalized spacial score (nSPS) is 11.6. The molecule has 1 N–H and O–H groups in total. The molecule has 7 aromatic carbocycles. The Labute approximate surface area is 345 Å². The first-order valence-electron chi connectivity index (χ1n) is 18.8. The topological polar surface area (TPSA) is 64.1 Å². The van der Waals surface area contributed by atoms with Crippen molar-refractivity contribution in [2.24, 2.45) is 0 Å². The predicted octanol–water partition coefficient (Wildman–Crippen LogP) is 12.8. The van der Waals surface area contributed by atoms with Crippen LogP contribution in [0.3, 0.4) is 0 Å². The van der Waals surface area contributed by atoms with Crippen molar-refractivity contribution in [2.75, 3.05) is 0 Å².